The summed E-state index contributed by atoms with van der Waals surface area (Å²) in [5, 5.41) is 3.41. The zero-order chi connectivity index (χ0) is 24.1. The summed E-state index contributed by atoms with van der Waals surface area (Å²) in [6, 6.07) is 11.2. The Labute approximate surface area is 193 Å². The third kappa shape index (κ3) is 4.15. The lowest BCUT2D eigenvalue weighted by Gasteiger charge is -2.55. The fourth-order valence-corrected chi connectivity index (χ4v) is 4.67. The maximum Gasteiger partial charge on any atom is 0.242 e. The zero-order valence-corrected chi connectivity index (χ0v) is 19.7. The largest absolute Gasteiger partial charge is 0.341 e. The number of nitrogens with zero attached hydrogens (tertiary/aromatic N) is 3. The molecule has 1 atom stereocenters. The van der Waals surface area contributed by atoms with Gasteiger partial charge in [0.1, 0.15) is 23.6 Å². The van der Waals surface area contributed by atoms with E-state index in [9.17, 15) is 13.6 Å². The monoisotopic (exact) mass is 455 g/mol. The quantitative estimate of drug-likeness (QED) is 0.730. The van der Waals surface area contributed by atoms with E-state index in [0.29, 0.717) is 18.7 Å². The summed E-state index contributed by atoms with van der Waals surface area (Å²) >= 11 is 0. The smallest absolute Gasteiger partial charge is 0.242 e. The molecule has 0 aromatic heterocycles. The Bertz CT molecular complexity index is 1090. The molecule has 0 aliphatic carbocycles. The maximum absolute atomic E-state index is 13.8. The van der Waals surface area contributed by atoms with Gasteiger partial charge in [-0.2, -0.15) is 0 Å². The summed E-state index contributed by atoms with van der Waals surface area (Å²) in [5.41, 5.74) is 6.65. The molecule has 2 aliphatic heterocycles. The van der Waals surface area contributed by atoms with Crippen molar-refractivity contribution in [3.8, 4) is 0 Å². The van der Waals surface area contributed by atoms with Crippen molar-refractivity contribution in [2.45, 2.75) is 51.9 Å². The summed E-state index contributed by atoms with van der Waals surface area (Å²) in [7, 11) is 0. The Morgan fingerprint density at radius 2 is 1.79 bits per heavy atom. The van der Waals surface area contributed by atoms with E-state index < -0.39 is 11.1 Å². The summed E-state index contributed by atoms with van der Waals surface area (Å²) in [6.45, 7) is 10.3. The van der Waals surface area contributed by atoms with Crippen molar-refractivity contribution < 1.29 is 13.6 Å². The molecule has 2 heterocycles. The molecule has 176 valence electrons. The lowest BCUT2D eigenvalue weighted by atomic mass is 9.90. The zero-order valence-electron chi connectivity index (χ0n) is 19.7. The first kappa shape index (κ1) is 23.0. The Morgan fingerprint density at radius 1 is 1.12 bits per heavy atom. The van der Waals surface area contributed by atoms with Gasteiger partial charge in [-0.25, -0.2) is 8.78 Å². The van der Waals surface area contributed by atoms with Crippen molar-refractivity contribution in [1.29, 1.82) is 0 Å². The third-order valence-electron chi connectivity index (χ3n) is 6.37. The van der Waals surface area contributed by atoms with Gasteiger partial charge in [0, 0.05) is 30.7 Å². The van der Waals surface area contributed by atoms with Crippen LogP contribution in [0.25, 0.3) is 0 Å². The number of halogens is 2. The Hall–Kier alpha value is -3.13. The SMILES string of the molecule is Cc1cc(NC2=CN(c3ccc(F)cc3)C3N2CCN(C(=O)C(C)(C)N)C3(C)C)ccc1F. The van der Waals surface area contributed by atoms with Gasteiger partial charge >= 0.3 is 0 Å². The fourth-order valence-electron chi connectivity index (χ4n) is 4.67. The molecule has 2 aliphatic rings. The van der Waals surface area contributed by atoms with Gasteiger partial charge in [0.05, 0.1) is 11.1 Å². The maximum atomic E-state index is 13.8. The van der Waals surface area contributed by atoms with E-state index in [0.717, 1.165) is 17.2 Å². The number of benzene rings is 2. The van der Waals surface area contributed by atoms with Crippen molar-refractivity contribution in [1.82, 2.24) is 9.80 Å². The van der Waals surface area contributed by atoms with Crippen LogP contribution in [-0.4, -0.2) is 46.0 Å². The Morgan fingerprint density at radius 3 is 2.39 bits per heavy atom. The fraction of sp³-hybridized carbons (Fsp3) is 0.400. The minimum atomic E-state index is -1.00. The molecule has 1 fully saturated rings. The predicted octanol–water partition coefficient (Wildman–Crippen LogP) is 3.99. The van der Waals surface area contributed by atoms with Gasteiger partial charge in [0.25, 0.3) is 0 Å². The minimum Gasteiger partial charge on any atom is -0.341 e. The molecule has 3 N–H and O–H groups in total. The number of carbonyl (C=O) groups excluding carboxylic acids is 1. The molecule has 2 aromatic carbocycles. The number of anilines is 2. The second-order valence-electron chi connectivity index (χ2n) is 9.89. The molecule has 1 unspecified atom stereocenters. The highest BCUT2D eigenvalue weighted by molar-refractivity contribution is 5.86. The lowest BCUT2D eigenvalue weighted by Crippen LogP contribution is -2.71. The van der Waals surface area contributed by atoms with Crippen LogP contribution < -0.4 is 16.0 Å². The second kappa shape index (κ2) is 8.02. The number of nitrogens with one attached hydrogen (secondary N) is 1. The summed E-state index contributed by atoms with van der Waals surface area (Å²) < 4.78 is 27.4. The summed E-state index contributed by atoms with van der Waals surface area (Å²) in [6.07, 6.45) is 1.70. The van der Waals surface area contributed by atoms with Gasteiger partial charge in [-0.3, -0.25) is 4.79 Å². The molecule has 1 saturated heterocycles. The van der Waals surface area contributed by atoms with Crippen LogP contribution in [0, 0.1) is 18.6 Å². The number of piperazine rings is 1. The first-order chi connectivity index (χ1) is 15.4. The molecule has 8 heteroatoms. The number of rotatable bonds is 4. The highest BCUT2D eigenvalue weighted by Gasteiger charge is 2.52. The predicted molar refractivity (Wildman–Crippen MR) is 126 cm³/mol. The molecule has 1 amide bonds. The third-order valence-corrected chi connectivity index (χ3v) is 6.37. The standard InChI is InChI=1S/C25H31F2N5O/c1-16-14-18(8-11-20(16)27)29-21-15-31(19-9-6-17(26)7-10-19)22-25(4,5)32(13-12-30(21)22)23(33)24(2,3)28/h6-11,14-15,22,29H,12-13,28H2,1-5H3. The Balaban J connectivity index is 1.74. The van der Waals surface area contributed by atoms with Crippen molar-refractivity contribution in [2.24, 2.45) is 5.73 Å². The summed E-state index contributed by atoms with van der Waals surface area (Å²) in [4.78, 5) is 19.3. The normalized spacial score (nSPS) is 19.9. The lowest BCUT2D eigenvalue weighted by molar-refractivity contribution is -0.147. The van der Waals surface area contributed by atoms with E-state index in [4.69, 9.17) is 5.73 Å². The topological polar surface area (TPSA) is 64.8 Å². The average Bonchev–Trinajstić information content (AvgIpc) is 3.10. The van der Waals surface area contributed by atoms with Crippen LogP contribution in [0.2, 0.25) is 0 Å². The number of hydrogen-bond acceptors (Lipinski definition) is 5. The van der Waals surface area contributed by atoms with Gasteiger partial charge in [0.2, 0.25) is 5.91 Å². The number of fused-ring (bicyclic) bond motifs is 1. The number of aryl methyl sites for hydroxylation is 1. The van der Waals surface area contributed by atoms with Crippen molar-refractivity contribution in [3.63, 3.8) is 0 Å². The number of carbonyl (C=O) groups is 1. The molecular weight excluding hydrogens is 424 g/mol. The molecule has 0 spiro atoms. The Kier molecular flexibility index (Phi) is 5.60. The highest BCUT2D eigenvalue weighted by atomic mass is 19.1. The molecular formula is C25H31F2N5O. The van der Waals surface area contributed by atoms with E-state index in [1.165, 1.54) is 18.2 Å². The molecule has 4 rings (SSSR count). The van der Waals surface area contributed by atoms with Crippen LogP contribution in [0.1, 0.15) is 33.3 Å². The first-order valence-corrected chi connectivity index (χ1v) is 11.1. The molecule has 0 radical (unpaired) electrons. The van der Waals surface area contributed by atoms with Gasteiger partial charge in [0.15, 0.2) is 0 Å². The number of nitrogens with two attached hydrogens (primary N) is 1. The average molecular weight is 456 g/mol. The van der Waals surface area contributed by atoms with Crippen LogP contribution in [-0.2, 0) is 4.79 Å². The van der Waals surface area contributed by atoms with Gasteiger partial charge in [-0.15, -0.1) is 0 Å². The van der Waals surface area contributed by atoms with Gasteiger partial charge in [-0.05, 0) is 82.6 Å². The van der Waals surface area contributed by atoms with E-state index in [1.807, 2.05) is 29.8 Å². The number of amides is 1. The highest BCUT2D eigenvalue weighted by Crippen LogP contribution is 2.40. The van der Waals surface area contributed by atoms with Gasteiger partial charge in [-0.1, -0.05) is 0 Å². The van der Waals surface area contributed by atoms with Crippen molar-refractivity contribution >= 4 is 17.3 Å². The molecule has 6 nitrogen and oxygen atoms in total. The van der Waals surface area contributed by atoms with E-state index in [1.54, 1.807) is 45.0 Å². The van der Waals surface area contributed by atoms with Crippen molar-refractivity contribution in [3.05, 3.63) is 71.7 Å². The van der Waals surface area contributed by atoms with Gasteiger partial charge < -0.3 is 25.8 Å². The van der Waals surface area contributed by atoms with E-state index in [-0.39, 0.29) is 23.7 Å². The molecule has 0 bridgehead atoms. The molecule has 0 saturated carbocycles. The van der Waals surface area contributed by atoms with Crippen molar-refractivity contribution in [2.75, 3.05) is 23.3 Å². The second-order valence-corrected chi connectivity index (χ2v) is 9.89. The van der Waals surface area contributed by atoms with Crippen LogP contribution in [0.3, 0.4) is 0 Å². The van der Waals surface area contributed by atoms with Crippen LogP contribution in [0.15, 0.2) is 54.5 Å². The molecule has 2 aromatic rings. The number of hydrogen-bond donors (Lipinski definition) is 2. The van der Waals surface area contributed by atoms with Crippen LogP contribution in [0.5, 0.6) is 0 Å². The van der Waals surface area contributed by atoms with Crippen LogP contribution in [0.4, 0.5) is 20.2 Å². The van der Waals surface area contributed by atoms with E-state index >= 15 is 0 Å². The summed E-state index contributed by atoms with van der Waals surface area (Å²) in [5.74, 6) is 0.122. The molecule has 33 heavy (non-hydrogen) atoms. The van der Waals surface area contributed by atoms with E-state index in [2.05, 4.69) is 10.2 Å². The minimum absolute atomic E-state index is 0.123. The first-order valence-electron chi connectivity index (χ1n) is 11.1. The van der Waals surface area contributed by atoms with Crippen LogP contribution >= 0.6 is 0 Å².